The molecule has 1 N–H and O–H groups in total. The van der Waals surface area contributed by atoms with Crippen molar-refractivity contribution in [3.05, 3.63) is 62.9 Å². The molecule has 2 aliphatic rings. The van der Waals surface area contributed by atoms with Crippen LogP contribution in [0.2, 0.25) is 0 Å². The predicted octanol–water partition coefficient (Wildman–Crippen LogP) is 2.47. The maximum absolute atomic E-state index is 13.1. The van der Waals surface area contributed by atoms with E-state index in [1.54, 1.807) is 4.57 Å². The number of aromatic nitrogens is 2. The van der Waals surface area contributed by atoms with E-state index in [-0.39, 0.29) is 24.7 Å². The number of hydrogen-bond donors (Lipinski definition) is 1. The zero-order valence-electron chi connectivity index (χ0n) is 14.9. The lowest BCUT2D eigenvalue weighted by atomic mass is 9.90. The lowest BCUT2D eigenvalue weighted by Crippen LogP contribution is -2.32. The van der Waals surface area contributed by atoms with E-state index in [1.165, 1.54) is 0 Å². The van der Waals surface area contributed by atoms with E-state index in [1.807, 2.05) is 37.3 Å². The van der Waals surface area contributed by atoms with Crippen LogP contribution in [0.5, 0.6) is 0 Å². The van der Waals surface area contributed by atoms with Crippen LogP contribution in [-0.4, -0.2) is 20.6 Å². The Balaban J connectivity index is 1.82. The zero-order valence-corrected chi connectivity index (χ0v) is 14.9. The summed E-state index contributed by atoms with van der Waals surface area (Å²) in [6, 6.07) is 9.57. The third-order valence-corrected chi connectivity index (χ3v) is 5.69. The second kappa shape index (κ2) is 5.76. The summed E-state index contributed by atoms with van der Waals surface area (Å²) in [5.74, 6) is -0.704. The van der Waals surface area contributed by atoms with E-state index < -0.39 is 5.92 Å². The fraction of sp³-hybridized carbons (Fsp3) is 0.286. The quantitative estimate of drug-likeness (QED) is 0.554. The fourth-order valence-electron chi connectivity index (χ4n) is 4.32. The first kappa shape index (κ1) is 16.2. The largest absolute Gasteiger partial charge is 0.460 e. The van der Waals surface area contributed by atoms with Gasteiger partial charge in [0, 0.05) is 10.9 Å². The molecule has 0 radical (unpaired) electrons. The third-order valence-electron chi connectivity index (χ3n) is 5.69. The van der Waals surface area contributed by atoms with Crippen LogP contribution in [0.25, 0.3) is 22.3 Å². The lowest BCUT2D eigenvalue weighted by molar-refractivity contribution is -0.148. The number of esters is 1. The molecular weight excluding hydrogens is 344 g/mol. The summed E-state index contributed by atoms with van der Waals surface area (Å²) < 4.78 is 6.91. The van der Waals surface area contributed by atoms with Gasteiger partial charge in [0.2, 0.25) is 0 Å². The molecule has 0 saturated carbocycles. The van der Waals surface area contributed by atoms with Crippen LogP contribution in [0.3, 0.4) is 0 Å². The molecular formula is C21H18N2O4. The Morgan fingerprint density at radius 2 is 2.07 bits per heavy atom. The average molecular weight is 362 g/mol. The molecule has 1 atom stereocenters. The Hall–Kier alpha value is -2.99. The molecule has 5 rings (SSSR count). The molecule has 0 saturated heterocycles. The first-order valence-corrected chi connectivity index (χ1v) is 9.09. The first-order chi connectivity index (χ1) is 13.1. The number of fused-ring (bicyclic) bond motifs is 5. The highest BCUT2D eigenvalue weighted by molar-refractivity contribution is 5.88. The van der Waals surface area contributed by atoms with Crippen molar-refractivity contribution in [1.82, 2.24) is 9.55 Å². The summed E-state index contributed by atoms with van der Waals surface area (Å²) in [7, 11) is 0. The minimum absolute atomic E-state index is 0.0163. The fourth-order valence-corrected chi connectivity index (χ4v) is 4.32. The number of carbonyl (C=O) groups excluding carboxylic acids is 1. The molecule has 136 valence electrons. The Morgan fingerprint density at radius 1 is 1.26 bits per heavy atom. The van der Waals surface area contributed by atoms with Gasteiger partial charge in [0.05, 0.1) is 41.5 Å². The van der Waals surface area contributed by atoms with Gasteiger partial charge in [-0.2, -0.15) is 0 Å². The van der Waals surface area contributed by atoms with Crippen molar-refractivity contribution in [2.75, 3.05) is 0 Å². The van der Waals surface area contributed by atoms with E-state index in [0.29, 0.717) is 29.9 Å². The summed E-state index contributed by atoms with van der Waals surface area (Å²) in [6.45, 7) is 2.18. The van der Waals surface area contributed by atoms with E-state index in [4.69, 9.17) is 9.72 Å². The van der Waals surface area contributed by atoms with Gasteiger partial charge in [-0.05, 0) is 29.7 Å². The second-order valence-electron chi connectivity index (χ2n) is 7.02. The highest BCUT2D eigenvalue weighted by atomic mass is 16.5. The number of carbonyl (C=O) groups is 1. The number of aliphatic hydroxyl groups is 1. The number of rotatable bonds is 2. The number of cyclic esters (lactones) is 1. The van der Waals surface area contributed by atoms with Gasteiger partial charge in [-0.3, -0.25) is 9.59 Å². The summed E-state index contributed by atoms with van der Waals surface area (Å²) in [5.41, 5.74) is 5.04. The molecule has 1 unspecified atom stereocenters. The van der Waals surface area contributed by atoms with E-state index in [0.717, 1.165) is 27.6 Å². The molecule has 2 aromatic heterocycles. The van der Waals surface area contributed by atoms with Crippen LogP contribution in [0, 0.1) is 0 Å². The van der Waals surface area contributed by atoms with Crippen LogP contribution < -0.4 is 5.56 Å². The molecule has 6 nitrogen and oxygen atoms in total. The van der Waals surface area contributed by atoms with Gasteiger partial charge in [0.15, 0.2) is 0 Å². The van der Waals surface area contributed by atoms with Crippen molar-refractivity contribution in [3.63, 3.8) is 0 Å². The maximum Gasteiger partial charge on any atom is 0.313 e. The Labute approximate surface area is 155 Å². The van der Waals surface area contributed by atoms with Gasteiger partial charge < -0.3 is 14.4 Å². The van der Waals surface area contributed by atoms with Crippen molar-refractivity contribution in [2.24, 2.45) is 0 Å². The monoisotopic (exact) mass is 362 g/mol. The molecule has 3 aromatic rings. The predicted molar refractivity (Wildman–Crippen MR) is 99.3 cm³/mol. The topological polar surface area (TPSA) is 81.4 Å². The summed E-state index contributed by atoms with van der Waals surface area (Å²) in [4.78, 5) is 30.0. The zero-order chi connectivity index (χ0) is 18.7. The SMILES string of the molecule is CCC1C(=O)OCc2c1cc1n(c2=O)Cc2c-1nc1ccccc1c2CO. The molecule has 0 spiro atoms. The minimum atomic E-state index is -0.422. The van der Waals surface area contributed by atoms with E-state index in [2.05, 4.69) is 0 Å². The minimum Gasteiger partial charge on any atom is -0.460 e. The van der Waals surface area contributed by atoms with Crippen molar-refractivity contribution >= 4 is 16.9 Å². The number of hydrogen-bond acceptors (Lipinski definition) is 5. The average Bonchev–Trinajstić information content (AvgIpc) is 3.05. The van der Waals surface area contributed by atoms with Gasteiger partial charge in [0.1, 0.15) is 6.61 Å². The van der Waals surface area contributed by atoms with Crippen LogP contribution in [0.15, 0.2) is 35.1 Å². The van der Waals surface area contributed by atoms with Crippen molar-refractivity contribution < 1.29 is 14.6 Å². The van der Waals surface area contributed by atoms with Gasteiger partial charge in [-0.25, -0.2) is 4.98 Å². The number of aliphatic hydroxyl groups excluding tert-OH is 1. The highest BCUT2D eigenvalue weighted by Gasteiger charge is 2.34. The molecule has 1 aromatic carbocycles. The smallest absolute Gasteiger partial charge is 0.313 e. The molecule has 4 heterocycles. The highest BCUT2D eigenvalue weighted by Crippen LogP contribution is 2.38. The third kappa shape index (κ3) is 2.13. The summed E-state index contributed by atoms with van der Waals surface area (Å²) >= 11 is 0. The van der Waals surface area contributed by atoms with Gasteiger partial charge >= 0.3 is 5.97 Å². The van der Waals surface area contributed by atoms with Gasteiger partial charge in [-0.1, -0.05) is 25.1 Å². The number of pyridine rings is 2. The number of para-hydroxylation sites is 1. The molecule has 0 amide bonds. The van der Waals surface area contributed by atoms with E-state index >= 15 is 0 Å². The van der Waals surface area contributed by atoms with Gasteiger partial charge in [-0.15, -0.1) is 0 Å². The number of benzene rings is 1. The van der Waals surface area contributed by atoms with Crippen LogP contribution >= 0.6 is 0 Å². The van der Waals surface area contributed by atoms with Crippen LogP contribution in [-0.2, 0) is 29.3 Å². The molecule has 0 aliphatic carbocycles. The number of ether oxygens (including phenoxy) is 1. The molecule has 27 heavy (non-hydrogen) atoms. The maximum atomic E-state index is 13.1. The molecule has 2 aliphatic heterocycles. The lowest BCUT2D eigenvalue weighted by Gasteiger charge is -2.24. The van der Waals surface area contributed by atoms with Gasteiger partial charge in [0.25, 0.3) is 5.56 Å². The van der Waals surface area contributed by atoms with Crippen molar-refractivity contribution in [2.45, 2.75) is 39.0 Å². The normalized spacial score (nSPS) is 17.4. The van der Waals surface area contributed by atoms with Crippen molar-refractivity contribution in [1.29, 1.82) is 0 Å². The molecule has 0 bridgehead atoms. The molecule has 6 heteroatoms. The summed E-state index contributed by atoms with van der Waals surface area (Å²) in [5, 5.41) is 10.9. The second-order valence-corrected chi connectivity index (χ2v) is 7.02. The Bertz CT molecular complexity index is 1180. The number of nitrogens with zero attached hydrogens (tertiary/aromatic N) is 2. The van der Waals surface area contributed by atoms with Crippen molar-refractivity contribution in [3.8, 4) is 11.4 Å². The Kier molecular flexibility index (Phi) is 3.45. The summed E-state index contributed by atoms with van der Waals surface area (Å²) in [6.07, 6.45) is 0.578. The Morgan fingerprint density at radius 3 is 2.85 bits per heavy atom. The van der Waals surface area contributed by atoms with Crippen LogP contribution in [0.4, 0.5) is 0 Å². The standard InChI is InChI=1S/C21H18N2O4/c1-2-11-13-7-18-19-14(8-23(18)20(25)16(13)10-27-21(11)26)15(9-24)12-5-3-4-6-17(12)22-19/h3-7,11,24H,2,8-10H2,1H3. The van der Waals surface area contributed by atoms with Crippen LogP contribution in [0.1, 0.15) is 41.5 Å². The van der Waals surface area contributed by atoms with E-state index in [9.17, 15) is 14.7 Å². The first-order valence-electron chi connectivity index (χ1n) is 9.09. The molecule has 0 fully saturated rings.